The number of hydrogen-bond donors (Lipinski definition) is 1. The number of benzene rings is 1. The van der Waals surface area contributed by atoms with Crippen LogP contribution < -0.4 is 10.2 Å². The maximum atomic E-state index is 12.1. The molecule has 1 aliphatic heterocycles. The summed E-state index contributed by atoms with van der Waals surface area (Å²) >= 11 is 5.97. The van der Waals surface area contributed by atoms with Gasteiger partial charge in [-0.2, -0.15) is 0 Å². The van der Waals surface area contributed by atoms with Crippen LogP contribution in [-0.4, -0.2) is 24.0 Å². The Balaban J connectivity index is 1.48. The van der Waals surface area contributed by atoms with Crippen molar-refractivity contribution >= 4 is 23.3 Å². The minimum atomic E-state index is 0.0521. The van der Waals surface area contributed by atoms with Gasteiger partial charge in [-0.05, 0) is 61.1 Å². The molecule has 132 valence electrons. The van der Waals surface area contributed by atoms with Gasteiger partial charge in [-0.25, -0.2) is 4.98 Å². The van der Waals surface area contributed by atoms with E-state index in [1.807, 2.05) is 36.5 Å². The number of hydrogen-bond acceptors (Lipinski definition) is 3. The third-order valence-corrected chi connectivity index (χ3v) is 4.74. The molecule has 0 atom stereocenters. The fraction of sp³-hybridized carbons (Fsp3) is 0.400. The van der Waals surface area contributed by atoms with Gasteiger partial charge in [0.05, 0.1) is 0 Å². The lowest BCUT2D eigenvalue weighted by atomic mass is 10.1. The van der Waals surface area contributed by atoms with E-state index >= 15 is 0 Å². The van der Waals surface area contributed by atoms with Gasteiger partial charge in [0.15, 0.2) is 0 Å². The summed E-state index contributed by atoms with van der Waals surface area (Å²) in [6.45, 7) is 2.68. The van der Waals surface area contributed by atoms with Gasteiger partial charge in [0.1, 0.15) is 5.82 Å². The van der Waals surface area contributed by atoms with Crippen molar-refractivity contribution in [3.05, 3.63) is 58.7 Å². The van der Waals surface area contributed by atoms with E-state index in [0.717, 1.165) is 30.0 Å². The van der Waals surface area contributed by atoms with Crippen LogP contribution in [-0.2, 0) is 17.8 Å². The maximum absolute atomic E-state index is 12.1. The minimum Gasteiger partial charge on any atom is -0.357 e. The Labute approximate surface area is 154 Å². The van der Waals surface area contributed by atoms with E-state index in [1.54, 1.807) is 0 Å². The maximum Gasteiger partial charge on any atom is 0.220 e. The number of carbonyl (C=O) groups excluding carboxylic acids is 1. The second-order valence-corrected chi connectivity index (χ2v) is 6.91. The van der Waals surface area contributed by atoms with Gasteiger partial charge in [-0.1, -0.05) is 23.7 Å². The van der Waals surface area contributed by atoms with Crippen molar-refractivity contribution in [2.45, 2.75) is 38.6 Å². The normalized spacial score (nSPS) is 14.4. The second kappa shape index (κ2) is 8.86. The van der Waals surface area contributed by atoms with Gasteiger partial charge in [0.25, 0.3) is 0 Å². The Morgan fingerprint density at radius 2 is 1.96 bits per heavy atom. The minimum absolute atomic E-state index is 0.0521. The summed E-state index contributed by atoms with van der Waals surface area (Å²) in [5.41, 5.74) is 2.17. The Kier molecular flexibility index (Phi) is 6.29. The lowest BCUT2D eigenvalue weighted by molar-refractivity contribution is -0.121. The van der Waals surface area contributed by atoms with E-state index in [4.69, 9.17) is 11.6 Å². The zero-order chi connectivity index (χ0) is 17.5. The van der Waals surface area contributed by atoms with Crippen LogP contribution in [0.5, 0.6) is 0 Å². The molecule has 0 spiro atoms. The van der Waals surface area contributed by atoms with Crippen molar-refractivity contribution in [3.8, 4) is 0 Å². The van der Waals surface area contributed by atoms with E-state index in [1.165, 1.54) is 19.3 Å². The summed E-state index contributed by atoms with van der Waals surface area (Å²) in [7, 11) is 0. The molecule has 3 rings (SSSR count). The molecule has 1 saturated heterocycles. The van der Waals surface area contributed by atoms with Crippen molar-refractivity contribution < 1.29 is 4.79 Å². The van der Waals surface area contributed by atoms with Gasteiger partial charge in [0, 0.05) is 37.3 Å². The smallest absolute Gasteiger partial charge is 0.220 e. The molecular formula is C20H24ClN3O. The average Bonchev–Trinajstić information content (AvgIpc) is 2.66. The van der Waals surface area contributed by atoms with Crippen LogP contribution >= 0.6 is 11.6 Å². The summed E-state index contributed by atoms with van der Waals surface area (Å²) in [5.74, 6) is 1.07. The number of amides is 1. The summed E-state index contributed by atoms with van der Waals surface area (Å²) in [6, 6.07) is 11.7. The number of nitrogens with one attached hydrogen (secondary N) is 1. The van der Waals surface area contributed by atoms with Crippen LogP contribution in [0.3, 0.4) is 0 Å². The SMILES string of the molecule is O=C(CCc1cccc(Cl)c1)NCc1ccnc(N2CCCCC2)c1. The number of aromatic nitrogens is 1. The molecule has 0 unspecified atom stereocenters. The summed E-state index contributed by atoms with van der Waals surface area (Å²) in [6.07, 6.45) is 6.75. The van der Waals surface area contributed by atoms with E-state index in [0.29, 0.717) is 24.4 Å². The molecule has 0 aliphatic carbocycles. The number of anilines is 1. The van der Waals surface area contributed by atoms with Crippen LogP contribution in [0.2, 0.25) is 5.02 Å². The van der Waals surface area contributed by atoms with Gasteiger partial charge >= 0.3 is 0 Å². The number of aryl methyl sites for hydroxylation is 1. The van der Waals surface area contributed by atoms with Gasteiger partial charge in [-0.15, -0.1) is 0 Å². The average molecular weight is 358 g/mol. The number of halogens is 1. The monoisotopic (exact) mass is 357 g/mol. The lowest BCUT2D eigenvalue weighted by Gasteiger charge is -2.27. The molecule has 1 aromatic heterocycles. The molecule has 1 aromatic carbocycles. The van der Waals surface area contributed by atoms with Crippen molar-refractivity contribution in [1.29, 1.82) is 0 Å². The Hall–Kier alpha value is -2.07. The van der Waals surface area contributed by atoms with Crippen LogP contribution in [0, 0.1) is 0 Å². The summed E-state index contributed by atoms with van der Waals surface area (Å²) < 4.78 is 0. The van der Waals surface area contributed by atoms with Crippen LogP contribution in [0.4, 0.5) is 5.82 Å². The molecule has 1 aliphatic rings. The first-order valence-corrected chi connectivity index (χ1v) is 9.29. The number of carbonyl (C=O) groups is 1. The molecule has 2 heterocycles. The highest BCUT2D eigenvalue weighted by Crippen LogP contribution is 2.18. The number of piperidine rings is 1. The molecule has 5 heteroatoms. The van der Waals surface area contributed by atoms with Gasteiger partial charge < -0.3 is 10.2 Å². The van der Waals surface area contributed by atoms with Crippen LogP contribution in [0.25, 0.3) is 0 Å². The summed E-state index contributed by atoms with van der Waals surface area (Å²) in [5, 5.41) is 3.70. The Morgan fingerprint density at radius 3 is 2.76 bits per heavy atom. The fourth-order valence-corrected chi connectivity index (χ4v) is 3.32. The predicted octanol–water partition coefficient (Wildman–Crippen LogP) is 3.97. The van der Waals surface area contributed by atoms with Crippen LogP contribution in [0.1, 0.15) is 36.8 Å². The topological polar surface area (TPSA) is 45.2 Å². The highest BCUT2D eigenvalue weighted by molar-refractivity contribution is 6.30. The first-order chi connectivity index (χ1) is 12.2. The third-order valence-electron chi connectivity index (χ3n) is 4.51. The second-order valence-electron chi connectivity index (χ2n) is 6.48. The molecule has 0 bridgehead atoms. The lowest BCUT2D eigenvalue weighted by Crippen LogP contribution is -2.30. The highest BCUT2D eigenvalue weighted by Gasteiger charge is 2.12. The first kappa shape index (κ1) is 17.7. The number of rotatable bonds is 6. The number of nitrogens with zero attached hydrogens (tertiary/aromatic N) is 2. The zero-order valence-corrected chi connectivity index (χ0v) is 15.1. The van der Waals surface area contributed by atoms with E-state index < -0.39 is 0 Å². The molecule has 1 fully saturated rings. The van der Waals surface area contributed by atoms with Crippen LogP contribution in [0.15, 0.2) is 42.6 Å². The van der Waals surface area contributed by atoms with Crippen molar-refractivity contribution in [3.63, 3.8) is 0 Å². The highest BCUT2D eigenvalue weighted by atomic mass is 35.5. The largest absolute Gasteiger partial charge is 0.357 e. The van der Waals surface area contributed by atoms with E-state index in [-0.39, 0.29) is 5.91 Å². The third kappa shape index (κ3) is 5.46. The zero-order valence-electron chi connectivity index (χ0n) is 14.4. The predicted molar refractivity (Wildman–Crippen MR) is 102 cm³/mol. The molecule has 4 nitrogen and oxygen atoms in total. The Morgan fingerprint density at radius 1 is 1.12 bits per heavy atom. The van der Waals surface area contributed by atoms with Gasteiger partial charge in [-0.3, -0.25) is 4.79 Å². The molecular weight excluding hydrogens is 334 g/mol. The van der Waals surface area contributed by atoms with E-state index in [9.17, 15) is 4.79 Å². The van der Waals surface area contributed by atoms with Crippen molar-refractivity contribution in [2.75, 3.05) is 18.0 Å². The molecule has 0 saturated carbocycles. The quantitative estimate of drug-likeness (QED) is 0.850. The standard InChI is InChI=1S/C20H24ClN3O/c21-18-6-4-5-16(13-18)7-8-20(25)23-15-17-9-10-22-19(14-17)24-11-2-1-3-12-24/h4-6,9-10,13-14H,1-3,7-8,11-12,15H2,(H,23,25). The molecule has 25 heavy (non-hydrogen) atoms. The molecule has 1 N–H and O–H groups in total. The molecule has 2 aromatic rings. The Bertz CT molecular complexity index is 714. The number of pyridine rings is 1. The summed E-state index contributed by atoms with van der Waals surface area (Å²) in [4.78, 5) is 18.9. The first-order valence-electron chi connectivity index (χ1n) is 8.92. The fourth-order valence-electron chi connectivity index (χ4n) is 3.11. The van der Waals surface area contributed by atoms with Crippen molar-refractivity contribution in [2.24, 2.45) is 0 Å². The molecule has 1 amide bonds. The molecule has 0 radical (unpaired) electrons. The van der Waals surface area contributed by atoms with Gasteiger partial charge in [0.2, 0.25) is 5.91 Å². The van der Waals surface area contributed by atoms with E-state index in [2.05, 4.69) is 21.3 Å². The van der Waals surface area contributed by atoms with Crippen molar-refractivity contribution in [1.82, 2.24) is 10.3 Å².